The number of nitrogens with one attached hydrogen (secondary N) is 1. The molecule has 3 aromatic rings. The normalized spacial score (nSPS) is 20.3. The van der Waals surface area contributed by atoms with E-state index in [1.54, 1.807) is 74.0 Å². The number of allylic oxidation sites excluding steroid dienone is 1. The third-order valence-electron chi connectivity index (χ3n) is 9.55. The van der Waals surface area contributed by atoms with Crippen LogP contribution in [0.3, 0.4) is 0 Å². The fourth-order valence-electron chi connectivity index (χ4n) is 6.69. The van der Waals surface area contributed by atoms with Gasteiger partial charge in [-0.3, -0.25) is 9.80 Å². The molecule has 0 spiro atoms. The number of dihydropyridines is 1. The number of ether oxygens (including phenoxy) is 4. The maximum atomic E-state index is 14.9. The summed E-state index contributed by atoms with van der Waals surface area (Å²) >= 11 is 13.0. The molecular weight excluding hydrogens is 684 g/mol. The summed E-state index contributed by atoms with van der Waals surface area (Å²) in [4.78, 5) is 30.7. The van der Waals surface area contributed by atoms with Crippen molar-refractivity contribution in [3.63, 3.8) is 0 Å². The van der Waals surface area contributed by atoms with Gasteiger partial charge in [0.2, 0.25) is 0 Å². The highest BCUT2D eigenvalue weighted by Gasteiger charge is 2.37. The maximum absolute atomic E-state index is 14.9. The predicted molar refractivity (Wildman–Crippen MR) is 190 cm³/mol. The summed E-state index contributed by atoms with van der Waals surface area (Å²) in [6.45, 7) is 3.34. The van der Waals surface area contributed by atoms with Gasteiger partial charge in [0.25, 0.3) is 0 Å². The molecule has 9 nitrogen and oxygen atoms in total. The first-order chi connectivity index (χ1) is 24.2. The molecule has 264 valence electrons. The number of benzene rings is 3. The molecular formula is C38H40Cl2FN3O6. The van der Waals surface area contributed by atoms with Gasteiger partial charge in [-0.15, -0.1) is 0 Å². The third kappa shape index (κ3) is 8.20. The number of rotatable bonds is 12. The van der Waals surface area contributed by atoms with Crippen molar-refractivity contribution in [2.75, 3.05) is 51.8 Å². The van der Waals surface area contributed by atoms with Gasteiger partial charge >= 0.3 is 12.1 Å². The standard InChI is InChI=1S/C38H40Cl2FN3O6/c1-47-33-12-11-27(19-35(33)48-2)34(20-28-29(39)21-42-22-30(28)40)49-37(45)26-9-7-24(8-10-26)13-18-44(32-6-4-3-5-31(32)41)38(46)50-36-23-43-16-14-25(36)15-17-43/h3-12,19,21,25,34,36,42H,13-18,20,22-23H2,1-2H3/t34-,36-/m0/s1. The number of halogens is 3. The Morgan fingerprint density at radius 2 is 1.74 bits per heavy atom. The number of amides is 1. The molecule has 4 heterocycles. The highest BCUT2D eigenvalue weighted by atomic mass is 35.5. The zero-order chi connectivity index (χ0) is 35.2. The first-order valence-electron chi connectivity index (χ1n) is 16.7. The summed E-state index contributed by atoms with van der Waals surface area (Å²) in [5.41, 5.74) is 2.68. The number of piperidine rings is 3. The SMILES string of the molecule is COc1ccc([C@H](CC2=C(Cl)CNC=C2Cl)OC(=O)c2ccc(CCN(C(=O)O[C@H]3CN4CCC3CC4)c3ccccc3F)cc2)cc1OC. The zero-order valence-electron chi connectivity index (χ0n) is 28.0. The molecule has 1 N–H and O–H groups in total. The monoisotopic (exact) mass is 723 g/mol. The Bertz CT molecular complexity index is 1760. The molecule has 0 radical (unpaired) electrons. The Hall–Kier alpha value is -4.25. The summed E-state index contributed by atoms with van der Waals surface area (Å²) in [5, 5.41) is 3.98. The zero-order valence-corrected chi connectivity index (χ0v) is 29.5. The van der Waals surface area contributed by atoms with Gasteiger partial charge < -0.3 is 24.3 Å². The molecule has 4 aliphatic heterocycles. The average Bonchev–Trinajstić information content (AvgIpc) is 3.14. The van der Waals surface area contributed by atoms with E-state index in [-0.39, 0.29) is 24.8 Å². The van der Waals surface area contributed by atoms with Crippen molar-refractivity contribution in [1.29, 1.82) is 0 Å². The molecule has 50 heavy (non-hydrogen) atoms. The van der Waals surface area contributed by atoms with Crippen LogP contribution in [0.1, 0.15) is 46.9 Å². The molecule has 0 saturated carbocycles. The van der Waals surface area contributed by atoms with Gasteiger partial charge in [0, 0.05) is 30.7 Å². The van der Waals surface area contributed by atoms with E-state index in [1.807, 2.05) is 0 Å². The third-order valence-corrected chi connectivity index (χ3v) is 10.2. The van der Waals surface area contributed by atoms with E-state index in [0.29, 0.717) is 63.7 Å². The topological polar surface area (TPSA) is 89.6 Å². The second-order valence-electron chi connectivity index (χ2n) is 12.6. The minimum Gasteiger partial charge on any atom is -0.493 e. The van der Waals surface area contributed by atoms with Gasteiger partial charge in [0.1, 0.15) is 18.0 Å². The lowest BCUT2D eigenvalue weighted by atomic mass is 9.86. The van der Waals surface area contributed by atoms with Crippen molar-refractivity contribution in [3.05, 3.63) is 111 Å². The molecule has 4 aliphatic rings. The lowest BCUT2D eigenvalue weighted by Crippen LogP contribution is -2.53. The predicted octanol–water partition coefficient (Wildman–Crippen LogP) is 7.59. The van der Waals surface area contributed by atoms with E-state index >= 15 is 0 Å². The van der Waals surface area contributed by atoms with Crippen LogP contribution in [0.5, 0.6) is 11.5 Å². The highest BCUT2D eigenvalue weighted by molar-refractivity contribution is 6.36. The number of esters is 1. The minimum absolute atomic E-state index is 0.166. The van der Waals surface area contributed by atoms with Gasteiger partial charge in [-0.2, -0.15) is 0 Å². The van der Waals surface area contributed by atoms with E-state index in [2.05, 4.69) is 10.2 Å². The molecule has 2 atom stereocenters. The van der Waals surface area contributed by atoms with Crippen molar-refractivity contribution in [3.8, 4) is 11.5 Å². The summed E-state index contributed by atoms with van der Waals surface area (Å²) in [5.74, 6) is 0.302. The van der Waals surface area contributed by atoms with Gasteiger partial charge in [0.15, 0.2) is 11.5 Å². The smallest absolute Gasteiger partial charge is 0.414 e. The number of carbonyl (C=O) groups excluding carboxylic acids is 2. The van der Waals surface area contributed by atoms with E-state index in [1.165, 1.54) is 18.1 Å². The van der Waals surface area contributed by atoms with Gasteiger partial charge in [-0.25, -0.2) is 14.0 Å². The molecule has 3 aromatic carbocycles. The number of hydrogen-bond acceptors (Lipinski definition) is 8. The van der Waals surface area contributed by atoms with Crippen LogP contribution < -0.4 is 19.7 Å². The summed E-state index contributed by atoms with van der Waals surface area (Å²) in [6, 6.07) is 18.5. The molecule has 0 aliphatic carbocycles. The van der Waals surface area contributed by atoms with Crippen LogP contribution in [0.15, 0.2) is 88.6 Å². The second-order valence-corrected chi connectivity index (χ2v) is 13.4. The first kappa shape index (κ1) is 35.6. The Morgan fingerprint density at radius 1 is 1.00 bits per heavy atom. The lowest BCUT2D eigenvalue weighted by Gasteiger charge is -2.44. The Balaban J connectivity index is 1.16. The highest BCUT2D eigenvalue weighted by Crippen LogP contribution is 2.38. The first-order valence-corrected chi connectivity index (χ1v) is 17.4. The van der Waals surface area contributed by atoms with E-state index in [0.717, 1.165) is 31.5 Å². The number of methoxy groups -OCH3 is 2. The summed E-state index contributed by atoms with van der Waals surface area (Å²) in [7, 11) is 3.08. The van der Waals surface area contributed by atoms with Crippen LogP contribution in [-0.4, -0.2) is 70.0 Å². The maximum Gasteiger partial charge on any atom is 0.414 e. The van der Waals surface area contributed by atoms with Crippen molar-refractivity contribution in [2.24, 2.45) is 5.92 Å². The summed E-state index contributed by atoms with van der Waals surface area (Å²) < 4.78 is 37.9. The number of nitrogens with zero attached hydrogens (tertiary/aromatic N) is 2. The molecule has 12 heteroatoms. The molecule has 1 amide bonds. The minimum atomic E-state index is -0.748. The van der Waals surface area contributed by atoms with Crippen molar-refractivity contribution < 1.29 is 32.9 Å². The fraction of sp³-hybridized carbons (Fsp3) is 0.368. The van der Waals surface area contributed by atoms with Crippen molar-refractivity contribution in [2.45, 2.75) is 37.9 Å². The quantitative estimate of drug-likeness (QED) is 0.191. The molecule has 7 rings (SSSR count). The van der Waals surface area contributed by atoms with Crippen LogP contribution in [0.4, 0.5) is 14.9 Å². The molecule has 0 aromatic heterocycles. The van der Waals surface area contributed by atoms with E-state index < -0.39 is 24.0 Å². The Morgan fingerprint density at radius 3 is 2.40 bits per heavy atom. The number of hydrogen-bond donors (Lipinski definition) is 1. The second kappa shape index (κ2) is 16.2. The largest absolute Gasteiger partial charge is 0.493 e. The van der Waals surface area contributed by atoms with Crippen LogP contribution in [-0.2, 0) is 15.9 Å². The Kier molecular flexibility index (Phi) is 11.5. The van der Waals surface area contributed by atoms with Crippen molar-refractivity contribution in [1.82, 2.24) is 10.2 Å². The number of fused-ring (bicyclic) bond motifs is 3. The number of anilines is 1. The number of para-hydroxylation sites is 1. The lowest BCUT2D eigenvalue weighted by molar-refractivity contribution is -0.0310. The van der Waals surface area contributed by atoms with E-state index in [9.17, 15) is 14.0 Å². The van der Waals surface area contributed by atoms with Crippen LogP contribution in [0.2, 0.25) is 0 Å². The Labute approximate surface area is 301 Å². The van der Waals surface area contributed by atoms with Crippen LogP contribution in [0, 0.1) is 11.7 Å². The fourth-order valence-corrected chi connectivity index (χ4v) is 7.26. The number of carbonyl (C=O) groups is 2. The van der Waals surface area contributed by atoms with Gasteiger partial charge in [-0.1, -0.05) is 53.5 Å². The molecule has 2 bridgehead atoms. The molecule has 3 fully saturated rings. The van der Waals surface area contributed by atoms with Crippen LogP contribution >= 0.6 is 23.2 Å². The average molecular weight is 725 g/mol. The van der Waals surface area contributed by atoms with Crippen LogP contribution in [0.25, 0.3) is 0 Å². The van der Waals surface area contributed by atoms with Crippen molar-refractivity contribution >= 4 is 41.0 Å². The van der Waals surface area contributed by atoms with E-state index in [4.69, 9.17) is 42.1 Å². The molecule has 3 saturated heterocycles. The van der Waals surface area contributed by atoms with Gasteiger partial charge in [-0.05, 0) is 91.4 Å². The van der Waals surface area contributed by atoms with Gasteiger partial charge in [0.05, 0.1) is 37.0 Å². The summed E-state index contributed by atoms with van der Waals surface area (Å²) in [6.07, 6.45) is 2.78. The molecule has 0 unspecified atom stereocenters.